The summed E-state index contributed by atoms with van der Waals surface area (Å²) >= 11 is 6.07. The Hall–Kier alpha value is -0.640. The molecule has 1 aromatic heterocycles. The van der Waals surface area contributed by atoms with Crippen molar-refractivity contribution >= 4 is 11.6 Å². The van der Waals surface area contributed by atoms with E-state index in [-0.39, 0.29) is 6.10 Å². The van der Waals surface area contributed by atoms with Crippen LogP contribution in [0, 0.1) is 0 Å². The van der Waals surface area contributed by atoms with Gasteiger partial charge in [0.25, 0.3) is 0 Å². The Morgan fingerprint density at radius 2 is 2.47 bits per heavy atom. The second kappa shape index (κ2) is 5.34. The van der Waals surface area contributed by atoms with Crippen LogP contribution in [0.25, 0.3) is 0 Å². The van der Waals surface area contributed by atoms with Crippen molar-refractivity contribution in [3.05, 3.63) is 29.0 Å². The van der Waals surface area contributed by atoms with Gasteiger partial charge in [-0.25, -0.2) is 0 Å². The molecule has 1 N–H and O–H groups in total. The van der Waals surface area contributed by atoms with E-state index in [2.05, 4.69) is 4.98 Å². The second-order valence-corrected chi connectivity index (χ2v) is 5.23. The topological polar surface area (TPSA) is 42.4 Å². The Morgan fingerprint density at radius 1 is 1.65 bits per heavy atom. The maximum Gasteiger partial charge on any atom is 0.0713 e. The number of pyridine rings is 1. The maximum atomic E-state index is 10.6. The molecule has 94 valence electrons. The van der Waals surface area contributed by atoms with Gasteiger partial charge in [0.1, 0.15) is 0 Å². The first-order chi connectivity index (χ1) is 8.13. The Labute approximate surface area is 107 Å². The Bertz CT molecular complexity index is 385. The maximum absolute atomic E-state index is 10.6. The van der Waals surface area contributed by atoms with Crippen LogP contribution in [0.5, 0.6) is 0 Å². The SMILES string of the molecule is COC1CCCC(O)(Cc2ccncc2Cl)C1. The van der Waals surface area contributed by atoms with Gasteiger partial charge in [0.15, 0.2) is 0 Å². The molecule has 0 spiro atoms. The number of aromatic nitrogens is 1. The van der Waals surface area contributed by atoms with Gasteiger partial charge in [0.05, 0.1) is 16.7 Å². The quantitative estimate of drug-likeness (QED) is 0.903. The number of hydrogen-bond donors (Lipinski definition) is 1. The van der Waals surface area contributed by atoms with Crippen molar-refractivity contribution in [2.75, 3.05) is 7.11 Å². The van der Waals surface area contributed by atoms with Gasteiger partial charge in [-0.1, -0.05) is 11.6 Å². The molecule has 3 nitrogen and oxygen atoms in total. The highest BCUT2D eigenvalue weighted by atomic mass is 35.5. The van der Waals surface area contributed by atoms with Crippen LogP contribution in [-0.2, 0) is 11.2 Å². The lowest BCUT2D eigenvalue weighted by Gasteiger charge is -2.36. The number of hydrogen-bond acceptors (Lipinski definition) is 3. The summed E-state index contributed by atoms with van der Waals surface area (Å²) in [5, 5.41) is 11.2. The minimum Gasteiger partial charge on any atom is -0.389 e. The first kappa shape index (κ1) is 12.8. The highest BCUT2D eigenvalue weighted by molar-refractivity contribution is 6.31. The number of rotatable bonds is 3. The first-order valence-electron chi connectivity index (χ1n) is 5.96. The molecule has 0 aromatic carbocycles. The fourth-order valence-electron chi connectivity index (χ4n) is 2.55. The van der Waals surface area contributed by atoms with Crippen molar-refractivity contribution in [3.63, 3.8) is 0 Å². The zero-order valence-electron chi connectivity index (χ0n) is 10.0. The normalized spacial score (nSPS) is 29.2. The zero-order valence-corrected chi connectivity index (χ0v) is 10.8. The number of aliphatic hydroxyl groups is 1. The molecule has 1 saturated carbocycles. The van der Waals surface area contributed by atoms with Gasteiger partial charge in [-0.05, 0) is 30.9 Å². The lowest BCUT2D eigenvalue weighted by atomic mass is 9.79. The molecule has 1 aliphatic rings. The van der Waals surface area contributed by atoms with E-state index in [1.54, 1.807) is 19.5 Å². The van der Waals surface area contributed by atoms with E-state index < -0.39 is 5.60 Å². The van der Waals surface area contributed by atoms with Crippen LogP contribution in [0.2, 0.25) is 5.02 Å². The van der Waals surface area contributed by atoms with Crippen LogP contribution in [0.4, 0.5) is 0 Å². The molecule has 0 bridgehead atoms. The third-order valence-corrected chi connectivity index (χ3v) is 3.83. The molecular weight excluding hydrogens is 238 g/mol. The van der Waals surface area contributed by atoms with Crippen molar-refractivity contribution in [2.24, 2.45) is 0 Å². The van der Waals surface area contributed by atoms with Crippen LogP contribution in [0.15, 0.2) is 18.5 Å². The van der Waals surface area contributed by atoms with E-state index in [1.165, 1.54) is 0 Å². The fourth-order valence-corrected chi connectivity index (χ4v) is 2.74. The Kier molecular flexibility index (Phi) is 4.02. The molecule has 2 unspecified atom stereocenters. The summed E-state index contributed by atoms with van der Waals surface area (Å²) in [5.41, 5.74) is 0.269. The van der Waals surface area contributed by atoms with Crippen molar-refractivity contribution in [1.82, 2.24) is 4.98 Å². The van der Waals surface area contributed by atoms with Gasteiger partial charge in [0.2, 0.25) is 0 Å². The summed E-state index contributed by atoms with van der Waals surface area (Å²) in [4.78, 5) is 3.95. The molecule has 2 atom stereocenters. The number of nitrogens with zero attached hydrogens (tertiary/aromatic N) is 1. The predicted octanol–water partition coefficient (Wildman–Crippen LogP) is 2.60. The standard InChI is InChI=1S/C13H18ClNO2/c1-17-11-3-2-5-13(16,8-11)7-10-4-6-15-9-12(10)14/h4,6,9,11,16H,2-3,5,7-8H2,1H3. The van der Waals surface area contributed by atoms with E-state index in [0.29, 0.717) is 17.9 Å². The third-order valence-electron chi connectivity index (χ3n) is 3.49. The van der Waals surface area contributed by atoms with Crippen LogP contribution < -0.4 is 0 Å². The van der Waals surface area contributed by atoms with E-state index in [9.17, 15) is 5.11 Å². The zero-order chi connectivity index (χ0) is 12.3. The molecule has 1 fully saturated rings. The minimum atomic E-state index is -0.691. The van der Waals surface area contributed by atoms with Crippen LogP contribution >= 0.6 is 11.6 Å². The molecule has 17 heavy (non-hydrogen) atoms. The molecule has 0 saturated heterocycles. The lowest BCUT2D eigenvalue weighted by Crippen LogP contribution is -2.40. The molecule has 2 rings (SSSR count). The Morgan fingerprint density at radius 3 is 3.18 bits per heavy atom. The number of ether oxygens (including phenoxy) is 1. The molecular formula is C13H18ClNO2. The highest BCUT2D eigenvalue weighted by Gasteiger charge is 2.34. The second-order valence-electron chi connectivity index (χ2n) is 4.82. The van der Waals surface area contributed by atoms with Crippen LogP contribution in [0.1, 0.15) is 31.2 Å². The average molecular weight is 256 g/mol. The molecule has 0 radical (unpaired) electrons. The average Bonchev–Trinajstić information content (AvgIpc) is 2.32. The van der Waals surface area contributed by atoms with E-state index in [4.69, 9.17) is 16.3 Å². The van der Waals surface area contributed by atoms with E-state index >= 15 is 0 Å². The van der Waals surface area contributed by atoms with Crippen molar-refractivity contribution < 1.29 is 9.84 Å². The summed E-state index contributed by atoms with van der Waals surface area (Å²) in [5.74, 6) is 0. The summed E-state index contributed by atoms with van der Waals surface area (Å²) < 4.78 is 5.35. The van der Waals surface area contributed by atoms with Crippen molar-refractivity contribution in [1.29, 1.82) is 0 Å². The largest absolute Gasteiger partial charge is 0.389 e. The number of halogens is 1. The van der Waals surface area contributed by atoms with Gasteiger partial charge in [-0.2, -0.15) is 0 Å². The van der Waals surface area contributed by atoms with Crippen LogP contribution in [0.3, 0.4) is 0 Å². The fraction of sp³-hybridized carbons (Fsp3) is 0.615. The van der Waals surface area contributed by atoms with Crippen molar-refractivity contribution in [2.45, 2.75) is 43.8 Å². The Balaban J connectivity index is 2.09. The molecule has 1 aromatic rings. The monoisotopic (exact) mass is 255 g/mol. The predicted molar refractivity (Wildman–Crippen MR) is 67.2 cm³/mol. The van der Waals surface area contributed by atoms with Gasteiger partial charge in [0, 0.05) is 32.3 Å². The summed E-state index contributed by atoms with van der Waals surface area (Å²) in [7, 11) is 1.70. The molecule has 1 aliphatic carbocycles. The minimum absolute atomic E-state index is 0.161. The highest BCUT2D eigenvalue weighted by Crippen LogP contribution is 2.33. The molecule has 4 heteroatoms. The first-order valence-corrected chi connectivity index (χ1v) is 6.34. The van der Waals surface area contributed by atoms with Gasteiger partial charge in [-0.15, -0.1) is 0 Å². The lowest BCUT2D eigenvalue weighted by molar-refractivity contribution is -0.0581. The molecule has 1 heterocycles. The van der Waals surface area contributed by atoms with E-state index in [0.717, 1.165) is 24.8 Å². The van der Waals surface area contributed by atoms with Gasteiger partial charge in [-0.3, -0.25) is 4.98 Å². The third kappa shape index (κ3) is 3.18. The smallest absolute Gasteiger partial charge is 0.0713 e. The number of methoxy groups -OCH3 is 1. The van der Waals surface area contributed by atoms with Gasteiger partial charge >= 0.3 is 0 Å². The molecule has 0 amide bonds. The molecule has 0 aliphatic heterocycles. The summed E-state index contributed by atoms with van der Waals surface area (Å²) in [6.07, 6.45) is 7.59. The van der Waals surface area contributed by atoms with Crippen molar-refractivity contribution in [3.8, 4) is 0 Å². The van der Waals surface area contributed by atoms with Gasteiger partial charge < -0.3 is 9.84 Å². The van der Waals surface area contributed by atoms with E-state index in [1.807, 2.05) is 6.07 Å². The summed E-state index contributed by atoms with van der Waals surface area (Å²) in [6, 6.07) is 1.87. The summed E-state index contributed by atoms with van der Waals surface area (Å²) in [6.45, 7) is 0. The van der Waals surface area contributed by atoms with Crippen LogP contribution in [-0.4, -0.2) is 28.9 Å².